The van der Waals surface area contributed by atoms with Gasteiger partial charge in [-0.1, -0.05) is 91.0 Å². The molecular formula is C28H25BrO5. The molecule has 0 aliphatic heterocycles. The van der Waals surface area contributed by atoms with Gasteiger partial charge in [0.15, 0.2) is 16.0 Å². The van der Waals surface area contributed by atoms with Crippen LogP contribution < -0.4 is 0 Å². The monoisotopic (exact) mass is 520 g/mol. The van der Waals surface area contributed by atoms with E-state index in [-0.39, 0.29) is 31.8 Å². The van der Waals surface area contributed by atoms with Gasteiger partial charge < -0.3 is 19.3 Å². The maximum atomic E-state index is 12.0. The molecule has 6 heteroatoms. The van der Waals surface area contributed by atoms with Gasteiger partial charge in [0, 0.05) is 12.0 Å². The van der Waals surface area contributed by atoms with Crippen LogP contribution in [-0.4, -0.2) is 15.6 Å². The first-order chi connectivity index (χ1) is 16.5. The van der Waals surface area contributed by atoms with Crippen LogP contribution in [0.5, 0.6) is 0 Å². The second-order valence-corrected chi connectivity index (χ2v) is 9.18. The average Bonchev–Trinajstić information content (AvgIpc) is 2.87. The summed E-state index contributed by atoms with van der Waals surface area (Å²) in [7, 11) is 0. The number of carboxylic acids is 1. The fraction of sp³-hybridized carbons (Fsp3) is 0.179. The second kappa shape index (κ2) is 11.2. The number of carboxylic acid groups (broad SMARTS) is 1. The number of halogens is 1. The van der Waals surface area contributed by atoms with Crippen molar-refractivity contribution in [3.63, 3.8) is 0 Å². The average molecular weight is 521 g/mol. The van der Waals surface area contributed by atoms with Crippen LogP contribution in [0.3, 0.4) is 0 Å². The number of ether oxygens (including phenoxy) is 3. The van der Waals surface area contributed by atoms with E-state index in [4.69, 9.17) is 14.2 Å². The van der Waals surface area contributed by atoms with Crippen molar-refractivity contribution in [3.05, 3.63) is 131 Å². The van der Waals surface area contributed by atoms with Crippen LogP contribution in [0.25, 0.3) is 0 Å². The molecule has 0 amide bonds. The van der Waals surface area contributed by atoms with E-state index in [0.717, 1.165) is 16.7 Å². The number of benzene rings is 3. The Hall–Kier alpha value is -3.35. The fourth-order valence-electron chi connectivity index (χ4n) is 3.56. The summed E-state index contributed by atoms with van der Waals surface area (Å²) in [5, 5.41) is 9.79. The highest BCUT2D eigenvalue weighted by atomic mass is 79.9. The van der Waals surface area contributed by atoms with Gasteiger partial charge in [0.05, 0.1) is 6.61 Å². The molecule has 1 N–H and O–H groups in total. The van der Waals surface area contributed by atoms with Crippen molar-refractivity contribution in [1.29, 1.82) is 0 Å². The number of alkyl halides is 1. The van der Waals surface area contributed by atoms with E-state index in [1.54, 1.807) is 0 Å². The zero-order valence-electron chi connectivity index (χ0n) is 18.5. The van der Waals surface area contributed by atoms with E-state index in [9.17, 15) is 9.90 Å². The van der Waals surface area contributed by atoms with Crippen molar-refractivity contribution < 1.29 is 24.1 Å². The lowest BCUT2D eigenvalue weighted by molar-refractivity contribution is -0.133. The quantitative estimate of drug-likeness (QED) is 0.315. The van der Waals surface area contributed by atoms with Gasteiger partial charge in [-0.3, -0.25) is 0 Å². The Morgan fingerprint density at radius 2 is 1.24 bits per heavy atom. The Balaban J connectivity index is 1.66. The van der Waals surface area contributed by atoms with E-state index in [0.29, 0.717) is 11.5 Å². The van der Waals surface area contributed by atoms with Crippen LogP contribution in [0, 0.1) is 0 Å². The summed E-state index contributed by atoms with van der Waals surface area (Å²) in [5.74, 6) is -0.295. The molecule has 0 spiro atoms. The fourth-order valence-corrected chi connectivity index (χ4v) is 4.29. The van der Waals surface area contributed by atoms with Crippen molar-refractivity contribution in [1.82, 2.24) is 0 Å². The van der Waals surface area contributed by atoms with Gasteiger partial charge in [-0.25, -0.2) is 4.79 Å². The van der Waals surface area contributed by atoms with Crippen molar-refractivity contribution in [2.45, 2.75) is 30.8 Å². The molecule has 34 heavy (non-hydrogen) atoms. The number of hydrogen-bond donors (Lipinski definition) is 1. The van der Waals surface area contributed by atoms with Gasteiger partial charge >= 0.3 is 5.97 Å². The minimum atomic E-state index is -1.20. The zero-order valence-corrected chi connectivity index (χ0v) is 20.1. The van der Waals surface area contributed by atoms with Crippen LogP contribution in [0.2, 0.25) is 0 Å². The molecule has 0 aromatic heterocycles. The largest absolute Gasteiger partial charge is 0.485 e. The first-order valence-corrected chi connectivity index (χ1v) is 11.7. The van der Waals surface area contributed by atoms with Gasteiger partial charge in [0.25, 0.3) is 0 Å². The summed E-state index contributed by atoms with van der Waals surface area (Å²) in [6.07, 6.45) is 1.61. The van der Waals surface area contributed by atoms with Gasteiger partial charge in [-0.05, 0) is 38.7 Å². The molecule has 1 unspecified atom stereocenters. The Morgan fingerprint density at radius 3 is 1.74 bits per heavy atom. The van der Waals surface area contributed by atoms with Crippen molar-refractivity contribution >= 4 is 21.9 Å². The number of aliphatic carboxylic acids is 1. The molecule has 1 atom stereocenters. The Morgan fingerprint density at radius 1 is 0.765 bits per heavy atom. The molecule has 0 fully saturated rings. The maximum Gasteiger partial charge on any atom is 0.331 e. The Labute approximate surface area is 207 Å². The van der Waals surface area contributed by atoms with Crippen molar-refractivity contribution in [2.24, 2.45) is 0 Å². The highest BCUT2D eigenvalue weighted by Gasteiger charge is 2.43. The van der Waals surface area contributed by atoms with Crippen LogP contribution in [0.1, 0.15) is 23.1 Å². The van der Waals surface area contributed by atoms with E-state index in [1.165, 1.54) is 6.08 Å². The zero-order chi connectivity index (χ0) is 23.8. The van der Waals surface area contributed by atoms with Crippen LogP contribution in [0.4, 0.5) is 0 Å². The first-order valence-electron chi connectivity index (χ1n) is 10.9. The highest BCUT2D eigenvalue weighted by molar-refractivity contribution is 9.10. The smallest absolute Gasteiger partial charge is 0.331 e. The third-order valence-corrected chi connectivity index (χ3v) is 6.20. The van der Waals surface area contributed by atoms with Gasteiger partial charge in [0.2, 0.25) is 0 Å². The van der Waals surface area contributed by atoms with Crippen LogP contribution in [-0.2, 0) is 38.8 Å². The van der Waals surface area contributed by atoms with E-state index in [1.807, 2.05) is 91.0 Å². The number of rotatable bonds is 10. The third-order valence-electron chi connectivity index (χ3n) is 5.33. The lowest BCUT2D eigenvalue weighted by Gasteiger charge is -2.34. The molecule has 5 nitrogen and oxygen atoms in total. The summed E-state index contributed by atoms with van der Waals surface area (Å²) in [6.45, 7) is 0.815. The molecule has 0 saturated heterocycles. The minimum Gasteiger partial charge on any atom is -0.485 e. The van der Waals surface area contributed by atoms with E-state index in [2.05, 4.69) is 15.9 Å². The van der Waals surface area contributed by atoms with Gasteiger partial charge in [-0.2, -0.15) is 0 Å². The van der Waals surface area contributed by atoms with Crippen LogP contribution in [0.15, 0.2) is 114 Å². The molecular weight excluding hydrogens is 496 g/mol. The first kappa shape index (κ1) is 23.8. The van der Waals surface area contributed by atoms with Gasteiger partial charge in [0.1, 0.15) is 13.2 Å². The second-order valence-electron chi connectivity index (χ2n) is 7.90. The summed E-state index contributed by atoms with van der Waals surface area (Å²) in [4.78, 5) is 12.0. The molecule has 0 heterocycles. The lowest BCUT2D eigenvalue weighted by atomic mass is 9.99. The summed E-state index contributed by atoms with van der Waals surface area (Å²) in [5.41, 5.74) is 3.06. The molecule has 174 valence electrons. The van der Waals surface area contributed by atoms with Crippen molar-refractivity contribution in [3.8, 4) is 0 Å². The predicted molar refractivity (Wildman–Crippen MR) is 133 cm³/mol. The summed E-state index contributed by atoms with van der Waals surface area (Å²) >= 11 is 3.68. The molecule has 3 aromatic rings. The molecule has 4 rings (SSSR count). The lowest BCUT2D eigenvalue weighted by Crippen LogP contribution is -2.35. The SMILES string of the molecule is O=C(O)C1=CC(OCc2ccccc2)=C(OCc2ccccc2)C(Br)(OCc2ccccc2)C1. The maximum absolute atomic E-state index is 12.0. The third kappa shape index (κ3) is 6.16. The van der Waals surface area contributed by atoms with E-state index < -0.39 is 10.5 Å². The van der Waals surface area contributed by atoms with E-state index >= 15 is 0 Å². The molecule has 1 aliphatic carbocycles. The normalized spacial score (nSPS) is 17.7. The predicted octanol–water partition coefficient (Wildman–Crippen LogP) is 6.35. The summed E-state index contributed by atoms with van der Waals surface area (Å²) < 4.78 is 17.4. The number of allylic oxidation sites excluding steroid dienone is 1. The molecule has 0 radical (unpaired) electrons. The van der Waals surface area contributed by atoms with Gasteiger partial charge in [-0.15, -0.1) is 0 Å². The topological polar surface area (TPSA) is 65.0 Å². The Bertz CT molecular complexity index is 1160. The number of hydrogen-bond acceptors (Lipinski definition) is 4. The molecule has 1 aliphatic rings. The Kier molecular flexibility index (Phi) is 7.83. The minimum absolute atomic E-state index is 0.0808. The standard InChI is InChI=1S/C28H25BrO5/c29-28(34-20-23-14-8-3-9-15-23)17-24(27(30)31)16-25(32-18-21-10-4-1-5-11-21)26(28)33-19-22-12-6-2-7-13-22/h1-16H,17-20H2,(H,30,31). The molecule has 0 saturated carbocycles. The van der Waals surface area contributed by atoms with Crippen LogP contribution >= 0.6 is 15.9 Å². The molecule has 0 bridgehead atoms. The highest BCUT2D eigenvalue weighted by Crippen LogP contribution is 2.43. The number of carbonyl (C=O) groups is 1. The van der Waals surface area contributed by atoms with Crippen molar-refractivity contribution in [2.75, 3.05) is 0 Å². The summed E-state index contributed by atoms with van der Waals surface area (Å²) in [6, 6.07) is 29.1. The molecule has 3 aromatic carbocycles.